The van der Waals surface area contributed by atoms with Crippen LogP contribution in [0.1, 0.15) is 63.9 Å². The van der Waals surface area contributed by atoms with E-state index in [4.69, 9.17) is 9.47 Å². The second-order valence-electron chi connectivity index (χ2n) is 14.8. The average Bonchev–Trinajstić information content (AvgIpc) is 3.60. The van der Waals surface area contributed by atoms with Crippen molar-refractivity contribution < 1.29 is 13.9 Å². The number of methoxy groups -OCH3 is 1. The van der Waals surface area contributed by atoms with Crippen LogP contribution >= 0.6 is 0 Å². The predicted octanol–water partition coefficient (Wildman–Crippen LogP) is 5.17. The van der Waals surface area contributed by atoms with Crippen LogP contribution in [0.5, 0.6) is 11.6 Å². The molecule has 1 spiro atoms. The summed E-state index contributed by atoms with van der Waals surface area (Å²) in [5.41, 5.74) is 2.81. The molecule has 0 N–H and O–H groups in total. The van der Waals surface area contributed by atoms with Gasteiger partial charge in [0.1, 0.15) is 17.9 Å². The minimum absolute atomic E-state index is 0.252. The van der Waals surface area contributed by atoms with Crippen molar-refractivity contribution in [2.24, 2.45) is 17.3 Å². The topological polar surface area (TPSA) is 92.6 Å². The lowest BCUT2D eigenvalue weighted by atomic mass is 9.68. The smallest absolute Gasteiger partial charge is 0.282 e. The molecule has 2 aromatic heterocycles. The van der Waals surface area contributed by atoms with Gasteiger partial charge in [-0.2, -0.15) is 10.2 Å². The zero-order chi connectivity index (χ0) is 31.4. The molecule has 3 aliphatic heterocycles. The Labute approximate surface area is 270 Å². The number of hydrogen-bond donors (Lipinski definition) is 0. The molecular formula is C35H45FN8O2. The highest BCUT2D eigenvalue weighted by molar-refractivity contribution is 5.74. The van der Waals surface area contributed by atoms with Gasteiger partial charge < -0.3 is 14.4 Å². The summed E-state index contributed by atoms with van der Waals surface area (Å²) in [6.07, 6.45) is 12.5. The van der Waals surface area contributed by atoms with E-state index in [1.807, 2.05) is 7.11 Å². The first kappa shape index (κ1) is 30.1. The molecule has 10 nitrogen and oxygen atoms in total. The average molecular weight is 629 g/mol. The van der Waals surface area contributed by atoms with Gasteiger partial charge in [-0.3, -0.25) is 9.80 Å². The van der Waals surface area contributed by atoms with E-state index < -0.39 is 0 Å². The van der Waals surface area contributed by atoms with Crippen molar-refractivity contribution in [2.45, 2.75) is 76.5 Å². The van der Waals surface area contributed by atoms with Crippen LogP contribution in [0.15, 0.2) is 36.9 Å². The van der Waals surface area contributed by atoms with Crippen LogP contribution in [0.25, 0.3) is 11.1 Å². The molecule has 46 heavy (non-hydrogen) atoms. The molecule has 2 saturated carbocycles. The summed E-state index contributed by atoms with van der Waals surface area (Å²) in [4.78, 5) is 12.4. The lowest BCUT2D eigenvalue weighted by molar-refractivity contribution is -0.0790. The van der Waals surface area contributed by atoms with Crippen molar-refractivity contribution in [1.82, 2.24) is 35.2 Å². The standard InChI is InChI=1S/C35H45FN8O2/c1-22(2)32(24-12-26(13-24)42-10-8-27(17-42)45-3)44-19-35(20-44)9-11-43(18-35)33-34(41-40-21-37-33)46-31-7-6-25(36)14-28(31)30-16-39-38-15-29(30)23-4-5-23/h6-7,14-16,21-24,26-27,32H,4-5,8-13,17-20H2,1-3H3/t24?,26?,27-,32+/m0/s1. The van der Waals surface area contributed by atoms with Gasteiger partial charge in [0.15, 0.2) is 5.82 Å². The van der Waals surface area contributed by atoms with Crippen LogP contribution < -0.4 is 9.64 Å². The Balaban J connectivity index is 0.944. The molecule has 0 bridgehead atoms. The van der Waals surface area contributed by atoms with E-state index in [1.54, 1.807) is 18.5 Å². The largest absolute Gasteiger partial charge is 0.434 e. The summed E-state index contributed by atoms with van der Waals surface area (Å²) in [7, 11) is 1.85. The third-order valence-electron chi connectivity index (χ3n) is 11.4. The van der Waals surface area contributed by atoms with Crippen molar-refractivity contribution >= 4 is 5.82 Å². The maximum Gasteiger partial charge on any atom is 0.282 e. The van der Waals surface area contributed by atoms with Gasteiger partial charge in [0.25, 0.3) is 5.88 Å². The summed E-state index contributed by atoms with van der Waals surface area (Å²) >= 11 is 0. The Bertz CT molecular complexity index is 1560. The fourth-order valence-corrected chi connectivity index (χ4v) is 8.87. The molecule has 2 aliphatic carbocycles. The highest BCUT2D eigenvalue weighted by atomic mass is 19.1. The fourth-order valence-electron chi connectivity index (χ4n) is 8.87. The van der Waals surface area contributed by atoms with Crippen LogP contribution in [0.4, 0.5) is 10.2 Å². The highest BCUT2D eigenvalue weighted by Gasteiger charge is 2.53. The first-order chi connectivity index (χ1) is 22.4. The SMILES string of the molecule is CO[C@H]1CCN(C2CC([C@@H](C(C)C)N3CC4(CCN(c5ncnnc5Oc5ccc(F)cc5-c5cnncc5C5CC5)C4)C3)C2)C1. The van der Waals surface area contributed by atoms with Gasteiger partial charge >= 0.3 is 0 Å². The molecule has 5 aliphatic rings. The number of hydrogen-bond acceptors (Lipinski definition) is 10. The molecule has 3 aromatic rings. The number of aromatic nitrogens is 5. The number of nitrogens with zero attached hydrogens (tertiary/aromatic N) is 8. The Morgan fingerprint density at radius 2 is 1.80 bits per heavy atom. The summed E-state index contributed by atoms with van der Waals surface area (Å²) < 4.78 is 26.6. The van der Waals surface area contributed by atoms with E-state index in [9.17, 15) is 4.39 Å². The van der Waals surface area contributed by atoms with E-state index in [1.165, 1.54) is 44.3 Å². The Morgan fingerprint density at radius 3 is 2.57 bits per heavy atom. The molecule has 0 amide bonds. The normalized spacial score (nSPS) is 26.8. The minimum atomic E-state index is -0.331. The highest BCUT2D eigenvalue weighted by Crippen LogP contribution is 2.49. The number of anilines is 1. The third-order valence-corrected chi connectivity index (χ3v) is 11.4. The van der Waals surface area contributed by atoms with Crippen LogP contribution in [0.2, 0.25) is 0 Å². The van der Waals surface area contributed by atoms with Gasteiger partial charge in [-0.05, 0) is 80.0 Å². The number of rotatable bonds is 10. The Hall–Kier alpha value is -3.28. The number of likely N-dealkylation sites (tertiary alicyclic amines) is 2. The van der Waals surface area contributed by atoms with Gasteiger partial charge in [-0.25, -0.2) is 9.37 Å². The van der Waals surface area contributed by atoms with Gasteiger partial charge in [0.05, 0.1) is 18.5 Å². The van der Waals surface area contributed by atoms with E-state index in [0.29, 0.717) is 47.0 Å². The second-order valence-corrected chi connectivity index (χ2v) is 14.8. The molecule has 3 saturated heterocycles. The molecule has 2 atom stereocenters. The summed E-state index contributed by atoms with van der Waals surface area (Å²) in [6.45, 7) is 11.1. The van der Waals surface area contributed by atoms with E-state index in [0.717, 1.165) is 75.1 Å². The number of ether oxygens (including phenoxy) is 2. The molecule has 5 heterocycles. The first-order valence-electron chi connectivity index (χ1n) is 17.1. The number of benzene rings is 1. The van der Waals surface area contributed by atoms with Crippen LogP contribution in [0.3, 0.4) is 0 Å². The molecule has 5 fully saturated rings. The summed E-state index contributed by atoms with van der Waals surface area (Å²) in [5, 5.41) is 16.6. The maximum atomic E-state index is 14.6. The molecule has 244 valence electrons. The maximum absolute atomic E-state index is 14.6. The molecular weight excluding hydrogens is 583 g/mol. The molecule has 0 radical (unpaired) electrons. The van der Waals surface area contributed by atoms with Gasteiger partial charge in [-0.1, -0.05) is 13.8 Å². The summed E-state index contributed by atoms with van der Waals surface area (Å²) in [6, 6.07) is 5.94. The van der Waals surface area contributed by atoms with Crippen LogP contribution in [-0.2, 0) is 4.74 Å². The van der Waals surface area contributed by atoms with Crippen molar-refractivity contribution in [3.8, 4) is 22.8 Å². The van der Waals surface area contributed by atoms with Crippen LogP contribution in [0, 0.1) is 23.1 Å². The number of halogens is 1. The van der Waals surface area contributed by atoms with Gasteiger partial charge in [-0.15, -0.1) is 10.2 Å². The zero-order valence-electron chi connectivity index (χ0n) is 27.2. The van der Waals surface area contributed by atoms with Crippen molar-refractivity contribution in [1.29, 1.82) is 0 Å². The van der Waals surface area contributed by atoms with Crippen LogP contribution in [-0.4, -0.2) is 99.7 Å². The summed E-state index contributed by atoms with van der Waals surface area (Å²) in [5.74, 6) is 3.05. The molecule has 0 unspecified atom stereocenters. The third kappa shape index (κ3) is 5.64. The molecule has 8 rings (SSSR count). The molecule has 11 heteroatoms. The van der Waals surface area contributed by atoms with Crippen molar-refractivity contribution in [3.63, 3.8) is 0 Å². The van der Waals surface area contributed by atoms with Gasteiger partial charge in [0.2, 0.25) is 0 Å². The lowest BCUT2D eigenvalue weighted by Gasteiger charge is -2.57. The van der Waals surface area contributed by atoms with E-state index in [-0.39, 0.29) is 11.2 Å². The Morgan fingerprint density at radius 1 is 0.978 bits per heavy atom. The monoisotopic (exact) mass is 628 g/mol. The first-order valence-corrected chi connectivity index (χ1v) is 17.1. The lowest BCUT2D eigenvalue weighted by Crippen LogP contribution is -2.65. The predicted molar refractivity (Wildman–Crippen MR) is 172 cm³/mol. The van der Waals surface area contributed by atoms with E-state index >= 15 is 0 Å². The van der Waals surface area contributed by atoms with E-state index in [2.05, 4.69) is 53.9 Å². The van der Waals surface area contributed by atoms with Gasteiger partial charge in [0, 0.05) is 75.0 Å². The minimum Gasteiger partial charge on any atom is -0.434 e. The molecule has 1 aromatic carbocycles. The van der Waals surface area contributed by atoms with Crippen molar-refractivity contribution in [3.05, 3.63) is 48.3 Å². The van der Waals surface area contributed by atoms with Crippen molar-refractivity contribution in [2.75, 3.05) is 51.3 Å². The second kappa shape index (κ2) is 12.1. The Kier molecular flexibility index (Phi) is 7.89. The quantitative estimate of drug-likeness (QED) is 0.299. The fraction of sp³-hybridized carbons (Fsp3) is 0.629. The zero-order valence-corrected chi connectivity index (χ0v) is 27.2.